The Morgan fingerprint density at radius 1 is 1.15 bits per heavy atom. The van der Waals surface area contributed by atoms with Gasteiger partial charge in [0.2, 0.25) is 5.95 Å². The molecule has 3 nitrogen and oxygen atoms in total. The number of pyridine rings is 1. The van der Waals surface area contributed by atoms with Gasteiger partial charge in [-0.3, -0.25) is 5.10 Å². The molecule has 0 aliphatic heterocycles. The summed E-state index contributed by atoms with van der Waals surface area (Å²) in [6, 6.07) is 2.93. The summed E-state index contributed by atoms with van der Waals surface area (Å²) < 4.78 is 25.7. The van der Waals surface area contributed by atoms with E-state index in [0.29, 0.717) is 5.69 Å². The molecule has 13 heavy (non-hydrogen) atoms. The molecule has 0 amide bonds. The minimum absolute atomic E-state index is 0.130. The van der Waals surface area contributed by atoms with Crippen LogP contribution in [0.1, 0.15) is 0 Å². The summed E-state index contributed by atoms with van der Waals surface area (Å²) in [5, 5.41) is 6.17. The molecular weight excluding hydrogens is 176 g/mol. The van der Waals surface area contributed by atoms with E-state index in [1.54, 1.807) is 6.07 Å². The highest BCUT2D eigenvalue weighted by Crippen LogP contribution is 2.20. The number of H-pyrrole nitrogens is 1. The number of nitrogens with one attached hydrogen (secondary N) is 1. The van der Waals surface area contributed by atoms with Gasteiger partial charge in [-0.1, -0.05) is 0 Å². The van der Waals surface area contributed by atoms with Gasteiger partial charge in [0, 0.05) is 18.0 Å². The summed E-state index contributed by atoms with van der Waals surface area (Å²) in [5.74, 6) is -2.07. The van der Waals surface area contributed by atoms with E-state index >= 15 is 0 Å². The van der Waals surface area contributed by atoms with Crippen LogP contribution in [0.15, 0.2) is 24.5 Å². The van der Waals surface area contributed by atoms with E-state index in [9.17, 15) is 8.78 Å². The van der Waals surface area contributed by atoms with Crippen LogP contribution in [0.25, 0.3) is 11.3 Å². The van der Waals surface area contributed by atoms with E-state index in [0.717, 1.165) is 0 Å². The Hall–Kier alpha value is -1.78. The molecule has 0 aliphatic rings. The third-order valence-electron chi connectivity index (χ3n) is 1.64. The van der Waals surface area contributed by atoms with Gasteiger partial charge in [0.25, 0.3) is 0 Å². The van der Waals surface area contributed by atoms with Gasteiger partial charge < -0.3 is 0 Å². The van der Waals surface area contributed by atoms with Crippen molar-refractivity contribution in [3.63, 3.8) is 0 Å². The number of nitrogens with zero attached hydrogens (tertiary/aromatic N) is 2. The number of halogens is 2. The Morgan fingerprint density at radius 2 is 2.00 bits per heavy atom. The average Bonchev–Trinajstić information content (AvgIpc) is 2.62. The Balaban J connectivity index is 2.59. The quantitative estimate of drug-likeness (QED) is 0.681. The number of aromatic nitrogens is 3. The van der Waals surface area contributed by atoms with Crippen LogP contribution in [-0.2, 0) is 0 Å². The first-order chi connectivity index (χ1) is 6.29. The van der Waals surface area contributed by atoms with E-state index < -0.39 is 11.8 Å². The summed E-state index contributed by atoms with van der Waals surface area (Å²) in [6.07, 6.45) is 2.67. The number of hydrogen-bond acceptors (Lipinski definition) is 2. The van der Waals surface area contributed by atoms with Crippen molar-refractivity contribution in [3.05, 3.63) is 36.3 Å². The Bertz CT molecular complexity index is 411. The minimum atomic E-state index is -1.10. The lowest BCUT2D eigenvalue weighted by Gasteiger charge is -1.98. The van der Waals surface area contributed by atoms with Crippen molar-refractivity contribution in [1.82, 2.24) is 15.2 Å². The highest BCUT2D eigenvalue weighted by Gasteiger charge is 2.10. The topological polar surface area (TPSA) is 41.6 Å². The molecule has 0 aromatic carbocycles. The molecule has 0 saturated heterocycles. The van der Waals surface area contributed by atoms with Crippen LogP contribution in [0.3, 0.4) is 0 Å². The molecule has 0 atom stereocenters. The zero-order chi connectivity index (χ0) is 9.26. The maximum Gasteiger partial charge on any atom is 0.249 e. The molecule has 2 rings (SSSR count). The highest BCUT2D eigenvalue weighted by molar-refractivity contribution is 5.58. The fourth-order valence-electron chi connectivity index (χ4n) is 1.03. The van der Waals surface area contributed by atoms with Gasteiger partial charge in [0.05, 0.1) is 5.69 Å². The molecular formula is C8H5F2N3. The Kier molecular flexibility index (Phi) is 1.77. The largest absolute Gasteiger partial charge is 0.278 e. The number of rotatable bonds is 1. The summed E-state index contributed by atoms with van der Waals surface area (Å²) in [4.78, 5) is 3.17. The van der Waals surface area contributed by atoms with Crippen LogP contribution < -0.4 is 0 Å². The van der Waals surface area contributed by atoms with Crippen LogP contribution in [0, 0.1) is 11.8 Å². The van der Waals surface area contributed by atoms with E-state index in [1.165, 1.54) is 18.5 Å². The SMILES string of the molecule is Fc1nccc(-c2ccn[nH]2)c1F. The Labute approximate surface area is 72.4 Å². The molecule has 0 saturated carbocycles. The molecule has 5 heteroatoms. The van der Waals surface area contributed by atoms with Gasteiger partial charge in [0.1, 0.15) is 0 Å². The van der Waals surface area contributed by atoms with Crippen molar-refractivity contribution in [2.24, 2.45) is 0 Å². The fraction of sp³-hybridized carbons (Fsp3) is 0. The van der Waals surface area contributed by atoms with E-state index in [-0.39, 0.29) is 5.56 Å². The van der Waals surface area contributed by atoms with Gasteiger partial charge in [-0.05, 0) is 12.1 Å². The standard InChI is InChI=1S/C8H5F2N3/c9-7-5(1-3-11-8(7)10)6-2-4-12-13-6/h1-4H,(H,12,13). The number of aromatic amines is 1. The van der Waals surface area contributed by atoms with Gasteiger partial charge >= 0.3 is 0 Å². The second-order valence-corrected chi connectivity index (χ2v) is 2.43. The minimum Gasteiger partial charge on any atom is -0.278 e. The number of hydrogen-bond donors (Lipinski definition) is 1. The molecule has 0 unspecified atom stereocenters. The third kappa shape index (κ3) is 1.28. The van der Waals surface area contributed by atoms with Crippen LogP contribution in [0.5, 0.6) is 0 Å². The van der Waals surface area contributed by atoms with Crippen molar-refractivity contribution in [3.8, 4) is 11.3 Å². The van der Waals surface area contributed by atoms with Crippen molar-refractivity contribution in [1.29, 1.82) is 0 Å². The second kappa shape index (κ2) is 2.93. The van der Waals surface area contributed by atoms with Crippen molar-refractivity contribution < 1.29 is 8.78 Å². The molecule has 2 aromatic heterocycles. The van der Waals surface area contributed by atoms with Crippen LogP contribution in [0.2, 0.25) is 0 Å². The van der Waals surface area contributed by atoms with E-state index in [4.69, 9.17) is 0 Å². The van der Waals surface area contributed by atoms with E-state index in [1.807, 2.05) is 0 Å². The molecule has 0 aliphatic carbocycles. The maximum absolute atomic E-state index is 13.1. The summed E-state index contributed by atoms with van der Waals surface area (Å²) in [6.45, 7) is 0. The first-order valence-corrected chi connectivity index (χ1v) is 3.59. The van der Waals surface area contributed by atoms with Crippen molar-refractivity contribution in [2.75, 3.05) is 0 Å². The molecule has 0 bridgehead atoms. The smallest absolute Gasteiger partial charge is 0.249 e. The highest BCUT2D eigenvalue weighted by atomic mass is 19.2. The first-order valence-electron chi connectivity index (χ1n) is 3.59. The zero-order valence-corrected chi connectivity index (χ0v) is 6.46. The van der Waals surface area contributed by atoms with Crippen LogP contribution in [-0.4, -0.2) is 15.2 Å². The molecule has 2 aromatic rings. The van der Waals surface area contributed by atoms with Crippen molar-refractivity contribution in [2.45, 2.75) is 0 Å². The fourth-order valence-corrected chi connectivity index (χ4v) is 1.03. The van der Waals surface area contributed by atoms with Gasteiger partial charge in [-0.25, -0.2) is 9.37 Å². The Morgan fingerprint density at radius 3 is 2.69 bits per heavy atom. The maximum atomic E-state index is 13.1. The summed E-state index contributed by atoms with van der Waals surface area (Å²) >= 11 is 0. The summed E-state index contributed by atoms with van der Waals surface area (Å²) in [5.41, 5.74) is 0.559. The lowest BCUT2D eigenvalue weighted by atomic mass is 10.2. The predicted molar refractivity (Wildman–Crippen MR) is 41.7 cm³/mol. The molecule has 66 valence electrons. The lowest BCUT2D eigenvalue weighted by molar-refractivity contribution is 0.481. The molecule has 0 fully saturated rings. The average molecular weight is 181 g/mol. The molecule has 0 radical (unpaired) electrons. The molecule has 0 spiro atoms. The van der Waals surface area contributed by atoms with E-state index in [2.05, 4.69) is 15.2 Å². The third-order valence-corrected chi connectivity index (χ3v) is 1.64. The second-order valence-electron chi connectivity index (χ2n) is 2.43. The van der Waals surface area contributed by atoms with Gasteiger partial charge in [0.15, 0.2) is 5.82 Å². The normalized spacial score (nSPS) is 10.3. The molecule has 2 heterocycles. The zero-order valence-electron chi connectivity index (χ0n) is 6.46. The van der Waals surface area contributed by atoms with Crippen LogP contribution in [0.4, 0.5) is 8.78 Å². The van der Waals surface area contributed by atoms with Gasteiger partial charge in [-0.2, -0.15) is 9.49 Å². The summed E-state index contributed by atoms with van der Waals surface area (Å²) in [7, 11) is 0. The van der Waals surface area contributed by atoms with Gasteiger partial charge in [-0.15, -0.1) is 0 Å². The first kappa shape index (κ1) is 7.85. The van der Waals surface area contributed by atoms with Crippen molar-refractivity contribution >= 4 is 0 Å². The van der Waals surface area contributed by atoms with Crippen LogP contribution >= 0.6 is 0 Å². The monoisotopic (exact) mass is 181 g/mol. The molecule has 1 N–H and O–H groups in total. The lowest BCUT2D eigenvalue weighted by Crippen LogP contribution is -1.92. The predicted octanol–water partition coefficient (Wildman–Crippen LogP) is 1.75.